The van der Waals surface area contributed by atoms with Crippen molar-refractivity contribution >= 4 is 51.3 Å². The van der Waals surface area contributed by atoms with Crippen LogP contribution in [0.1, 0.15) is 28.8 Å². The van der Waals surface area contributed by atoms with Gasteiger partial charge in [0.05, 0.1) is 9.79 Å². The molecule has 2 aromatic rings. The first kappa shape index (κ1) is 22.5. The number of carbonyl (C=O) groups excluding carboxylic acids is 2. The molecule has 2 heterocycles. The van der Waals surface area contributed by atoms with Crippen LogP contribution in [-0.4, -0.2) is 56.8 Å². The zero-order valence-corrected chi connectivity index (χ0v) is 19.7. The van der Waals surface area contributed by atoms with E-state index in [2.05, 4.69) is 15.9 Å². The molecule has 2 fully saturated rings. The summed E-state index contributed by atoms with van der Waals surface area (Å²) < 4.78 is 0.938. The number of benzene rings is 2. The Balaban J connectivity index is 1.38. The SMILES string of the molecule is O=C(/C=C/c1ccc([N+](=O)[O-])cc1)N1CCC2(CC1)SCCN2C(=O)c1ccc(Br)cc1. The van der Waals surface area contributed by atoms with Crippen LogP contribution in [0.15, 0.2) is 59.1 Å². The lowest BCUT2D eigenvalue weighted by Crippen LogP contribution is -2.53. The molecule has 0 bridgehead atoms. The Kier molecular flexibility index (Phi) is 6.66. The van der Waals surface area contributed by atoms with E-state index in [1.54, 1.807) is 23.1 Å². The van der Waals surface area contributed by atoms with Crippen LogP contribution in [0.5, 0.6) is 0 Å². The number of hydrogen-bond donors (Lipinski definition) is 0. The highest BCUT2D eigenvalue weighted by Gasteiger charge is 2.46. The van der Waals surface area contributed by atoms with Gasteiger partial charge in [0.15, 0.2) is 0 Å². The fourth-order valence-electron chi connectivity index (χ4n) is 4.11. The van der Waals surface area contributed by atoms with Gasteiger partial charge in [0.1, 0.15) is 0 Å². The lowest BCUT2D eigenvalue weighted by Gasteiger charge is -2.44. The van der Waals surface area contributed by atoms with Crippen molar-refractivity contribution in [2.45, 2.75) is 17.7 Å². The van der Waals surface area contributed by atoms with Gasteiger partial charge < -0.3 is 9.80 Å². The molecule has 7 nitrogen and oxygen atoms in total. The highest BCUT2D eigenvalue weighted by molar-refractivity contribution is 9.10. The number of amides is 2. The molecule has 2 amide bonds. The smallest absolute Gasteiger partial charge is 0.269 e. The number of piperidine rings is 1. The quantitative estimate of drug-likeness (QED) is 0.338. The summed E-state index contributed by atoms with van der Waals surface area (Å²) in [5.74, 6) is 0.850. The van der Waals surface area contributed by atoms with E-state index in [-0.39, 0.29) is 22.4 Å². The van der Waals surface area contributed by atoms with Crippen molar-refractivity contribution < 1.29 is 14.5 Å². The maximum absolute atomic E-state index is 13.1. The number of nitro groups is 1. The van der Waals surface area contributed by atoms with Gasteiger partial charge in [0, 0.05) is 53.6 Å². The zero-order valence-electron chi connectivity index (χ0n) is 17.3. The number of thioether (sulfide) groups is 1. The van der Waals surface area contributed by atoms with Gasteiger partial charge >= 0.3 is 0 Å². The minimum atomic E-state index is -0.450. The average Bonchev–Trinajstić information content (AvgIpc) is 3.21. The zero-order chi connectivity index (χ0) is 22.7. The van der Waals surface area contributed by atoms with Crippen molar-refractivity contribution in [3.8, 4) is 0 Å². The molecule has 0 saturated carbocycles. The average molecular weight is 516 g/mol. The number of likely N-dealkylation sites (tertiary alicyclic amines) is 1. The van der Waals surface area contributed by atoms with Gasteiger partial charge in [0.25, 0.3) is 11.6 Å². The van der Waals surface area contributed by atoms with E-state index in [1.807, 2.05) is 40.9 Å². The highest BCUT2D eigenvalue weighted by atomic mass is 79.9. The van der Waals surface area contributed by atoms with Crippen LogP contribution in [0.3, 0.4) is 0 Å². The molecule has 0 unspecified atom stereocenters. The summed E-state index contributed by atoms with van der Waals surface area (Å²) >= 11 is 5.22. The number of non-ortho nitro benzene ring substituents is 1. The molecule has 32 heavy (non-hydrogen) atoms. The monoisotopic (exact) mass is 515 g/mol. The molecule has 0 atom stereocenters. The standard InChI is InChI=1S/C23H22BrN3O4S/c24-19-6-4-18(5-7-19)22(29)26-15-16-32-23(26)11-13-25(14-12-23)21(28)10-3-17-1-8-20(9-2-17)27(30)31/h1-10H,11-16H2/b10-3+. The minimum Gasteiger partial charge on any atom is -0.339 e. The molecule has 0 N–H and O–H groups in total. The lowest BCUT2D eigenvalue weighted by atomic mass is 10.0. The Labute approximate surface area is 198 Å². The maximum Gasteiger partial charge on any atom is 0.269 e. The van der Waals surface area contributed by atoms with Crippen molar-refractivity contribution in [2.75, 3.05) is 25.4 Å². The molecule has 0 aliphatic carbocycles. The molecule has 2 aliphatic rings. The van der Waals surface area contributed by atoms with Gasteiger partial charge in [-0.15, -0.1) is 11.8 Å². The molecule has 4 rings (SSSR count). The number of hydrogen-bond acceptors (Lipinski definition) is 5. The second kappa shape index (κ2) is 9.46. The maximum atomic E-state index is 13.1. The summed E-state index contributed by atoms with van der Waals surface area (Å²) in [7, 11) is 0. The van der Waals surface area contributed by atoms with Crippen LogP contribution in [0, 0.1) is 10.1 Å². The van der Waals surface area contributed by atoms with Crippen molar-refractivity contribution in [1.82, 2.24) is 9.80 Å². The van der Waals surface area contributed by atoms with Crippen LogP contribution >= 0.6 is 27.7 Å². The van der Waals surface area contributed by atoms with Crippen molar-refractivity contribution in [3.05, 3.63) is 80.3 Å². The Morgan fingerprint density at radius 3 is 2.31 bits per heavy atom. The topological polar surface area (TPSA) is 83.8 Å². The van der Waals surface area contributed by atoms with Gasteiger partial charge in [-0.05, 0) is 60.9 Å². The molecule has 166 valence electrons. The van der Waals surface area contributed by atoms with Crippen molar-refractivity contribution in [3.63, 3.8) is 0 Å². The highest BCUT2D eigenvalue weighted by Crippen LogP contribution is 2.44. The van der Waals surface area contributed by atoms with E-state index >= 15 is 0 Å². The molecule has 2 saturated heterocycles. The number of halogens is 1. The predicted octanol–water partition coefficient (Wildman–Crippen LogP) is 4.58. The third-order valence-electron chi connectivity index (χ3n) is 5.89. The van der Waals surface area contributed by atoms with Crippen LogP contribution in [0.25, 0.3) is 6.08 Å². The van der Waals surface area contributed by atoms with Gasteiger partial charge in [-0.1, -0.05) is 15.9 Å². The Morgan fingerprint density at radius 1 is 1.03 bits per heavy atom. The van der Waals surface area contributed by atoms with E-state index in [0.29, 0.717) is 25.2 Å². The van der Waals surface area contributed by atoms with Crippen molar-refractivity contribution in [2.24, 2.45) is 0 Å². The summed E-state index contributed by atoms with van der Waals surface area (Å²) in [6.45, 7) is 1.88. The Hall–Kier alpha value is -2.65. The molecule has 2 aliphatic heterocycles. The van der Waals surface area contributed by atoms with Gasteiger partial charge in [-0.2, -0.15) is 0 Å². The lowest BCUT2D eigenvalue weighted by molar-refractivity contribution is -0.384. The van der Waals surface area contributed by atoms with E-state index in [0.717, 1.165) is 28.6 Å². The first-order chi connectivity index (χ1) is 15.4. The third kappa shape index (κ3) is 4.73. The second-order valence-electron chi connectivity index (χ2n) is 7.77. The van der Waals surface area contributed by atoms with Crippen LogP contribution < -0.4 is 0 Å². The van der Waals surface area contributed by atoms with Crippen molar-refractivity contribution in [1.29, 1.82) is 0 Å². The summed E-state index contributed by atoms with van der Waals surface area (Å²) in [6, 6.07) is 13.5. The number of rotatable bonds is 4. The Morgan fingerprint density at radius 2 is 1.69 bits per heavy atom. The molecule has 2 aromatic carbocycles. The van der Waals surface area contributed by atoms with E-state index in [9.17, 15) is 19.7 Å². The summed E-state index contributed by atoms with van der Waals surface area (Å²) in [5.41, 5.74) is 1.43. The summed E-state index contributed by atoms with van der Waals surface area (Å²) in [5, 5.41) is 10.7. The molecule has 9 heteroatoms. The summed E-state index contributed by atoms with van der Waals surface area (Å²) in [4.78, 5) is 39.6. The van der Waals surface area contributed by atoms with Crippen LogP contribution in [0.2, 0.25) is 0 Å². The fourth-order valence-corrected chi connectivity index (χ4v) is 5.83. The number of carbonyl (C=O) groups is 2. The van der Waals surface area contributed by atoms with Gasteiger partial charge in [-0.3, -0.25) is 19.7 Å². The largest absolute Gasteiger partial charge is 0.339 e. The third-order valence-corrected chi connectivity index (χ3v) is 7.97. The molecular weight excluding hydrogens is 494 g/mol. The molecule has 1 spiro atoms. The van der Waals surface area contributed by atoms with E-state index < -0.39 is 4.92 Å². The van der Waals surface area contributed by atoms with Crippen LogP contribution in [-0.2, 0) is 4.79 Å². The molecular formula is C23H22BrN3O4S. The normalized spacial score (nSPS) is 17.8. The molecule has 0 aromatic heterocycles. The minimum absolute atomic E-state index is 0.0195. The van der Waals surface area contributed by atoms with E-state index in [4.69, 9.17) is 0 Å². The Bertz CT molecular complexity index is 1050. The van der Waals surface area contributed by atoms with Gasteiger partial charge in [0.2, 0.25) is 5.91 Å². The fraction of sp³-hybridized carbons (Fsp3) is 0.304. The number of nitro benzene ring substituents is 1. The van der Waals surface area contributed by atoms with Crippen LogP contribution in [0.4, 0.5) is 5.69 Å². The molecule has 0 radical (unpaired) electrons. The number of nitrogens with zero attached hydrogens (tertiary/aromatic N) is 3. The summed E-state index contributed by atoms with van der Waals surface area (Å²) in [6.07, 6.45) is 4.64. The second-order valence-corrected chi connectivity index (χ2v) is 10.1. The first-order valence-corrected chi connectivity index (χ1v) is 12.1. The first-order valence-electron chi connectivity index (χ1n) is 10.3. The van der Waals surface area contributed by atoms with E-state index in [1.165, 1.54) is 18.2 Å². The van der Waals surface area contributed by atoms with Gasteiger partial charge in [-0.25, -0.2) is 0 Å². The predicted molar refractivity (Wildman–Crippen MR) is 128 cm³/mol.